The van der Waals surface area contributed by atoms with Crippen LogP contribution in [0, 0.1) is 0 Å². The fraction of sp³-hybridized carbons (Fsp3) is 0.583. The minimum Gasteiger partial charge on any atom is -0.459 e. The third kappa shape index (κ3) is 16.3. The van der Waals surface area contributed by atoms with Crippen LogP contribution in [0.15, 0.2) is 25.3 Å². The van der Waals surface area contributed by atoms with E-state index >= 15 is 0 Å². The number of hydrogen-bond donors (Lipinski definition) is 0. The highest BCUT2D eigenvalue weighted by molar-refractivity contribution is 5.82. The van der Waals surface area contributed by atoms with Gasteiger partial charge >= 0.3 is 36.2 Å². The minimum atomic E-state index is -1.36. The Morgan fingerprint density at radius 1 is 0.513 bits per heavy atom. The maximum Gasteiger partial charge on any atom is 0.509 e. The number of carbonyl (C=O) groups is 6. The van der Waals surface area contributed by atoms with Gasteiger partial charge in [-0.2, -0.15) is 0 Å². The maximum absolute atomic E-state index is 11.9. The molecular weight excluding hydrogens is 528 g/mol. The maximum atomic E-state index is 11.9. The quantitative estimate of drug-likeness (QED) is 0.101. The van der Waals surface area contributed by atoms with E-state index in [9.17, 15) is 28.8 Å². The molecule has 39 heavy (non-hydrogen) atoms. The molecule has 0 spiro atoms. The Hall–Kier alpha value is -4.14. The summed E-state index contributed by atoms with van der Waals surface area (Å²) in [5.74, 6) is -3.56. The molecule has 0 aromatic carbocycles. The van der Waals surface area contributed by atoms with Gasteiger partial charge in [-0.1, -0.05) is 25.3 Å². The Morgan fingerprint density at radius 3 is 1.18 bits per heavy atom. The van der Waals surface area contributed by atoms with Gasteiger partial charge in [-0.3, -0.25) is 0 Å². The summed E-state index contributed by atoms with van der Waals surface area (Å²) in [6.45, 7) is 10.9. The van der Waals surface area contributed by atoms with E-state index < -0.39 is 60.6 Å². The molecule has 0 aromatic heterocycles. The van der Waals surface area contributed by atoms with E-state index in [1.54, 1.807) is 0 Å². The molecule has 0 unspecified atom stereocenters. The third-order valence-electron chi connectivity index (χ3n) is 4.04. The molecule has 0 aliphatic carbocycles. The van der Waals surface area contributed by atoms with Crippen molar-refractivity contribution < 1.29 is 71.4 Å². The molecule has 0 amide bonds. The van der Waals surface area contributed by atoms with E-state index in [0.29, 0.717) is 0 Å². The first kappa shape index (κ1) is 34.9. The molecule has 0 aromatic rings. The van der Waals surface area contributed by atoms with E-state index in [0.717, 1.165) is 0 Å². The van der Waals surface area contributed by atoms with Crippen LogP contribution in [0.1, 0.15) is 27.7 Å². The molecule has 0 heterocycles. The highest BCUT2D eigenvalue weighted by Crippen LogP contribution is 2.04. The van der Waals surface area contributed by atoms with Crippen molar-refractivity contribution in [2.45, 2.75) is 52.1 Å². The van der Waals surface area contributed by atoms with E-state index in [2.05, 4.69) is 13.2 Å². The lowest BCUT2D eigenvalue weighted by atomic mass is 10.4. The van der Waals surface area contributed by atoms with Gasteiger partial charge < -0.3 is 42.6 Å². The standard InChI is InChI=1S/C24H34O15/c1-7-9-32-19(25)15(3)36-21(27)17(5)38-23(29)34-13-11-31-12-14-35-24(30)39-18(6)22(28)37-16(4)20(26)33-10-8-2/h7-8,15-18H,1-2,9-14H2,3-6H3/t15-,16+,17-,18+. The molecule has 0 aliphatic heterocycles. The average molecular weight is 563 g/mol. The lowest BCUT2D eigenvalue weighted by molar-refractivity contribution is -0.171. The number of rotatable bonds is 18. The molecule has 4 atom stereocenters. The van der Waals surface area contributed by atoms with Crippen molar-refractivity contribution in [1.29, 1.82) is 0 Å². The van der Waals surface area contributed by atoms with Gasteiger partial charge in [-0.05, 0) is 27.7 Å². The SMILES string of the molecule is C=CCOC(=O)[C@H](C)OC(=O)[C@H](C)OC(=O)OCCOCCOC(=O)O[C@H](C)C(=O)O[C@H](C)C(=O)OCC=C. The molecule has 0 N–H and O–H groups in total. The van der Waals surface area contributed by atoms with Crippen molar-refractivity contribution in [1.82, 2.24) is 0 Å². The zero-order chi connectivity index (χ0) is 29.8. The van der Waals surface area contributed by atoms with Crippen LogP contribution in [0.25, 0.3) is 0 Å². The molecule has 0 radical (unpaired) electrons. The number of carbonyl (C=O) groups excluding carboxylic acids is 6. The highest BCUT2D eigenvalue weighted by Gasteiger charge is 2.27. The molecule has 15 nitrogen and oxygen atoms in total. The number of hydrogen-bond acceptors (Lipinski definition) is 15. The van der Waals surface area contributed by atoms with Crippen LogP contribution < -0.4 is 0 Å². The molecule has 0 fully saturated rings. The lowest BCUT2D eigenvalue weighted by Gasteiger charge is -2.16. The summed E-state index contributed by atoms with van der Waals surface area (Å²) in [5, 5.41) is 0. The first-order valence-corrected chi connectivity index (χ1v) is 11.6. The molecule has 0 saturated carbocycles. The smallest absolute Gasteiger partial charge is 0.459 e. The fourth-order valence-electron chi connectivity index (χ4n) is 2.08. The normalized spacial score (nSPS) is 13.2. The second-order valence-corrected chi connectivity index (χ2v) is 7.33. The Labute approximate surface area is 225 Å². The Balaban J connectivity index is 4.03. The third-order valence-corrected chi connectivity index (χ3v) is 4.04. The fourth-order valence-corrected chi connectivity index (χ4v) is 2.08. The summed E-state index contributed by atoms with van der Waals surface area (Å²) in [4.78, 5) is 70.2. The van der Waals surface area contributed by atoms with Crippen LogP contribution in [0.2, 0.25) is 0 Å². The van der Waals surface area contributed by atoms with Crippen LogP contribution in [0.5, 0.6) is 0 Å². The van der Waals surface area contributed by atoms with Crippen LogP contribution in [-0.4, -0.2) is 100 Å². The molecular formula is C24H34O15. The molecule has 0 aliphatic rings. The van der Waals surface area contributed by atoms with Gasteiger partial charge in [-0.25, -0.2) is 28.8 Å². The van der Waals surface area contributed by atoms with Crippen molar-refractivity contribution in [3.63, 3.8) is 0 Å². The van der Waals surface area contributed by atoms with Crippen molar-refractivity contribution in [3.8, 4) is 0 Å². The summed E-state index contributed by atoms with van der Waals surface area (Å²) in [6, 6.07) is 0. The van der Waals surface area contributed by atoms with Crippen LogP contribution in [-0.2, 0) is 61.8 Å². The average Bonchev–Trinajstić information content (AvgIpc) is 2.89. The summed E-state index contributed by atoms with van der Waals surface area (Å²) in [5.41, 5.74) is 0. The van der Waals surface area contributed by atoms with Gasteiger partial charge in [0.15, 0.2) is 24.4 Å². The van der Waals surface area contributed by atoms with Crippen molar-refractivity contribution >= 4 is 36.2 Å². The van der Waals surface area contributed by atoms with E-state index in [1.165, 1.54) is 39.8 Å². The second-order valence-electron chi connectivity index (χ2n) is 7.33. The first-order valence-electron chi connectivity index (χ1n) is 11.6. The number of ether oxygens (including phenoxy) is 9. The van der Waals surface area contributed by atoms with Crippen molar-refractivity contribution in [2.75, 3.05) is 39.6 Å². The summed E-state index contributed by atoms with van der Waals surface area (Å²) in [6.07, 6.45) is -4.83. The van der Waals surface area contributed by atoms with Gasteiger partial charge in [0.1, 0.15) is 26.4 Å². The Morgan fingerprint density at radius 2 is 0.846 bits per heavy atom. The second kappa shape index (κ2) is 19.9. The van der Waals surface area contributed by atoms with Crippen LogP contribution >= 0.6 is 0 Å². The van der Waals surface area contributed by atoms with Crippen molar-refractivity contribution in [2.24, 2.45) is 0 Å². The summed E-state index contributed by atoms with van der Waals surface area (Å²) in [7, 11) is 0. The van der Waals surface area contributed by atoms with Crippen LogP contribution in [0.3, 0.4) is 0 Å². The predicted octanol–water partition coefficient (Wildman–Crippen LogP) is 1.41. The van der Waals surface area contributed by atoms with Gasteiger partial charge in [0.25, 0.3) is 0 Å². The molecule has 0 saturated heterocycles. The Kier molecular flexibility index (Phi) is 17.8. The minimum absolute atomic E-state index is 0.0514. The highest BCUT2D eigenvalue weighted by atomic mass is 16.7. The summed E-state index contributed by atoms with van der Waals surface area (Å²) < 4.78 is 43.1. The van der Waals surface area contributed by atoms with Gasteiger partial charge in [0.2, 0.25) is 0 Å². The Bertz CT molecular complexity index is 784. The summed E-state index contributed by atoms with van der Waals surface area (Å²) >= 11 is 0. The topological polar surface area (TPSA) is 185 Å². The monoisotopic (exact) mass is 562 g/mol. The molecule has 0 bridgehead atoms. The van der Waals surface area contributed by atoms with Crippen molar-refractivity contribution in [3.05, 3.63) is 25.3 Å². The van der Waals surface area contributed by atoms with Gasteiger partial charge in [0, 0.05) is 0 Å². The number of esters is 4. The van der Waals surface area contributed by atoms with E-state index in [-0.39, 0.29) is 39.6 Å². The first-order chi connectivity index (χ1) is 18.4. The molecule has 0 rings (SSSR count). The lowest BCUT2D eigenvalue weighted by Crippen LogP contribution is -2.33. The van der Waals surface area contributed by atoms with Gasteiger partial charge in [-0.15, -0.1) is 0 Å². The molecule has 15 heteroatoms. The molecule has 220 valence electrons. The van der Waals surface area contributed by atoms with E-state index in [1.807, 2.05) is 0 Å². The predicted molar refractivity (Wildman–Crippen MR) is 128 cm³/mol. The zero-order valence-electron chi connectivity index (χ0n) is 22.2. The zero-order valence-corrected chi connectivity index (χ0v) is 22.2. The van der Waals surface area contributed by atoms with Gasteiger partial charge in [0.05, 0.1) is 13.2 Å². The van der Waals surface area contributed by atoms with E-state index in [4.69, 9.17) is 42.6 Å². The largest absolute Gasteiger partial charge is 0.509 e. The van der Waals surface area contributed by atoms with Crippen LogP contribution in [0.4, 0.5) is 9.59 Å².